The summed E-state index contributed by atoms with van der Waals surface area (Å²) in [4.78, 5) is 21.7. The summed E-state index contributed by atoms with van der Waals surface area (Å²) in [6.07, 6.45) is -0.123. The van der Waals surface area contributed by atoms with Crippen molar-refractivity contribution >= 4 is 27.7 Å². The minimum Gasteiger partial charge on any atom is -0.481 e. The van der Waals surface area contributed by atoms with Gasteiger partial charge in [0, 0.05) is 10.0 Å². The molecule has 0 heterocycles. The lowest BCUT2D eigenvalue weighted by Crippen LogP contribution is -2.06. The average Bonchev–Trinajstić information content (AvgIpc) is 2.07. The van der Waals surface area contributed by atoms with Crippen molar-refractivity contribution < 1.29 is 14.7 Å². The fourth-order valence-electron chi connectivity index (χ4n) is 1.19. The molecule has 1 N–H and O–H groups in total. The second-order valence-corrected chi connectivity index (χ2v) is 3.84. The zero-order chi connectivity index (χ0) is 10.7. The Kier molecular flexibility index (Phi) is 3.41. The summed E-state index contributed by atoms with van der Waals surface area (Å²) in [6, 6.07) is 5.01. The Hall–Kier alpha value is -1.16. The lowest BCUT2D eigenvalue weighted by molar-refractivity contribution is -0.136. The molecule has 1 aromatic rings. The maximum absolute atomic E-state index is 11.2. The summed E-state index contributed by atoms with van der Waals surface area (Å²) in [7, 11) is 0. The third-order valence-electron chi connectivity index (χ3n) is 1.79. The van der Waals surface area contributed by atoms with Crippen LogP contribution in [-0.2, 0) is 11.2 Å². The Labute approximate surface area is 89.9 Å². The van der Waals surface area contributed by atoms with Crippen molar-refractivity contribution in [3.05, 3.63) is 33.8 Å². The van der Waals surface area contributed by atoms with Crippen LogP contribution in [0.3, 0.4) is 0 Å². The second kappa shape index (κ2) is 4.37. The van der Waals surface area contributed by atoms with Gasteiger partial charge in [-0.2, -0.15) is 0 Å². The molecular formula is C10H9BrO3. The number of rotatable bonds is 3. The highest BCUT2D eigenvalue weighted by atomic mass is 79.9. The van der Waals surface area contributed by atoms with E-state index in [1.54, 1.807) is 18.2 Å². The fourth-order valence-corrected chi connectivity index (χ4v) is 1.55. The molecule has 0 spiro atoms. The number of benzene rings is 1. The Morgan fingerprint density at radius 1 is 1.43 bits per heavy atom. The molecule has 0 aromatic heterocycles. The summed E-state index contributed by atoms with van der Waals surface area (Å²) >= 11 is 3.23. The van der Waals surface area contributed by atoms with Crippen LogP contribution in [0.25, 0.3) is 0 Å². The molecule has 1 rings (SSSR count). The molecule has 0 atom stereocenters. The van der Waals surface area contributed by atoms with Crippen LogP contribution in [0.4, 0.5) is 0 Å². The molecule has 0 saturated heterocycles. The maximum Gasteiger partial charge on any atom is 0.307 e. The molecule has 0 fully saturated rings. The number of carbonyl (C=O) groups is 2. The van der Waals surface area contributed by atoms with Gasteiger partial charge in [0.1, 0.15) is 0 Å². The molecule has 3 nitrogen and oxygen atoms in total. The quantitative estimate of drug-likeness (QED) is 0.845. The van der Waals surface area contributed by atoms with E-state index < -0.39 is 5.97 Å². The predicted molar refractivity (Wildman–Crippen MR) is 55.5 cm³/mol. The zero-order valence-corrected chi connectivity index (χ0v) is 9.17. The highest BCUT2D eigenvalue weighted by Crippen LogP contribution is 2.17. The third kappa shape index (κ3) is 2.67. The topological polar surface area (TPSA) is 54.4 Å². The smallest absolute Gasteiger partial charge is 0.307 e. The van der Waals surface area contributed by atoms with Crippen molar-refractivity contribution in [2.45, 2.75) is 13.3 Å². The van der Waals surface area contributed by atoms with Crippen LogP contribution in [0, 0.1) is 0 Å². The van der Waals surface area contributed by atoms with E-state index >= 15 is 0 Å². The maximum atomic E-state index is 11.2. The van der Waals surface area contributed by atoms with Gasteiger partial charge in [0.15, 0.2) is 5.78 Å². The van der Waals surface area contributed by atoms with Crippen LogP contribution in [0.1, 0.15) is 22.8 Å². The molecule has 74 valence electrons. The Bertz CT molecular complexity index is 385. The lowest BCUT2D eigenvalue weighted by atomic mass is 10.0. The predicted octanol–water partition coefficient (Wildman–Crippen LogP) is 2.28. The number of halogens is 1. The van der Waals surface area contributed by atoms with Gasteiger partial charge in [-0.3, -0.25) is 9.59 Å². The molecule has 4 heteroatoms. The zero-order valence-electron chi connectivity index (χ0n) is 7.58. The summed E-state index contributed by atoms with van der Waals surface area (Å²) in [5.74, 6) is -1.06. The van der Waals surface area contributed by atoms with Gasteiger partial charge < -0.3 is 5.11 Å². The van der Waals surface area contributed by atoms with Gasteiger partial charge >= 0.3 is 5.97 Å². The van der Waals surface area contributed by atoms with E-state index in [2.05, 4.69) is 15.9 Å². The number of Topliss-reactive ketones (excluding diaryl/α,β-unsaturated/α-hetero) is 1. The van der Waals surface area contributed by atoms with Gasteiger partial charge in [-0.25, -0.2) is 0 Å². The van der Waals surface area contributed by atoms with E-state index in [0.29, 0.717) is 11.1 Å². The SMILES string of the molecule is CC(=O)c1cc(Br)ccc1CC(=O)O. The van der Waals surface area contributed by atoms with Crippen LogP contribution in [-0.4, -0.2) is 16.9 Å². The van der Waals surface area contributed by atoms with Gasteiger partial charge in [-0.05, 0) is 24.6 Å². The van der Waals surface area contributed by atoms with E-state index in [0.717, 1.165) is 4.47 Å². The molecule has 1 aromatic carbocycles. The third-order valence-corrected chi connectivity index (χ3v) is 2.29. The van der Waals surface area contributed by atoms with Crippen molar-refractivity contribution in [2.24, 2.45) is 0 Å². The molecule has 0 radical (unpaired) electrons. The van der Waals surface area contributed by atoms with Crippen LogP contribution in [0.2, 0.25) is 0 Å². The molecule has 0 aliphatic rings. The van der Waals surface area contributed by atoms with Crippen LogP contribution < -0.4 is 0 Å². The Morgan fingerprint density at radius 2 is 2.07 bits per heavy atom. The first kappa shape index (κ1) is 10.9. The molecule has 0 aliphatic heterocycles. The van der Waals surface area contributed by atoms with Gasteiger partial charge in [0.05, 0.1) is 6.42 Å². The molecule has 0 amide bonds. The standard InChI is InChI=1S/C10H9BrO3/c1-6(12)9-5-8(11)3-2-7(9)4-10(13)14/h2-3,5H,4H2,1H3,(H,13,14). The van der Waals surface area contributed by atoms with Crippen LogP contribution in [0.5, 0.6) is 0 Å². The van der Waals surface area contributed by atoms with Gasteiger partial charge in [-0.15, -0.1) is 0 Å². The van der Waals surface area contributed by atoms with Crippen molar-refractivity contribution in [3.8, 4) is 0 Å². The van der Waals surface area contributed by atoms with Gasteiger partial charge in [-0.1, -0.05) is 22.0 Å². The molecule has 0 bridgehead atoms. The number of aliphatic carboxylic acids is 1. The summed E-state index contributed by atoms with van der Waals surface area (Å²) in [5.41, 5.74) is 1.01. The average molecular weight is 257 g/mol. The van der Waals surface area contributed by atoms with E-state index in [1.165, 1.54) is 6.92 Å². The first-order valence-corrected chi connectivity index (χ1v) is 4.81. The molecular weight excluding hydrogens is 248 g/mol. The van der Waals surface area contributed by atoms with Crippen molar-refractivity contribution in [1.82, 2.24) is 0 Å². The lowest BCUT2D eigenvalue weighted by Gasteiger charge is -2.04. The monoisotopic (exact) mass is 256 g/mol. The number of ketones is 1. The number of carbonyl (C=O) groups excluding carboxylic acids is 1. The molecule has 0 unspecified atom stereocenters. The fraction of sp³-hybridized carbons (Fsp3) is 0.200. The van der Waals surface area contributed by atoms with Gasteiger partial charge in [0.25, 0.3) is 0 Å². The first-order valence-electron chi connectivity index (χ1n) is 4.02. The van der Waals surface area contributed by atoms with Crippen molar-refractivity contribution in [3.63, 3.8) is 0 Å². The Balaban J connectivity index is 3.14. The first-order chi connectivity index (χ1) is 6.50. The van der Waals surface area contributed by atoms with Crippen LogP contribution in [0.15, 0.2) is 22.7 Å². The minimum absolute atomic E-state index is 0.123. The van der Waals surface area contributed by atoms with E-state index in [4.69, 9.17) is 5.11 Å². The molecule has 0 saturated carbocycles. The Morgan fingerprint density at radius 3 is 2.57 bits per heavy atom. The van der Waals surface area contributed by atoms with E-state index in [-0.39, 0.29) is 12.2 Å². The van der Waals surface area contributed by atoms with E-state index in [9.17, 15) is 9.59 Å². The van der Waals surface area contributed by atoms with Crippen LogP contribution >= 0.6 is 15.9 Å². The minimum atomic E-state index is -0.935. The van der Waals surface area contributed by atoms with Crippen molar-refractivity contribution in [2.75, 3.05) is 0 Å². The number of hydrogen-bond donors (Lipinski definition) is 1. The summed E-state index contributed by atoms with van der Waals surface area (Å²) in [6.45, 7) is 1.42. The number of hydrogen-bond acceptors (Lipinski definition) is 2. The molecule has 14 heavy (non-hydrogen) atoms. The summed E-state index contributed by atoms with van der Waals surface area (Å²) < 4.78 is 0.775. The highest BCUT2D eigenvalue weighted by Gasteiger charge is 2.10. The summed E-state index contributed by atoms with van der Waals surface area (Å²) in [5, 5.41) is 8.62. The largest absolute Gasteiger partial charge is 0.481 e. The van der Waals surface area contributed by atoms with Crippen molar-refractivity contribution in [1.29, 1.82) is 0 Å². The second-order valence-electron chi connectivity index (χ2n) is 2.93. The molecule has 0 aliphatic carbocycles. The van der Waals surface area contributed by atoms with Gasteiger partial charge in [0.2, 0.25) is 0 Å². The highest BCUT2D eigenvalue weighted by molar-refractivity contribution is 9.10. The normalized spacial score (nSPS) is 9.86. The number of carboxylic acid groups (broad SMARTS) is 1. The number of carboxylic acids is 1. The van der Waals surface area contributed by atoms with E-state index in [1.807, 2.05) is 0 Å².